The zero-order chi connectivity index (χ0) is 30.4. The Kier molecular flexibility index (Phi) is 13.4. The second kappa shape index (κ2) is 16.7. The van der Waals surface area contributed by atoms with Crippen molar-refractivity contribution in [1.82, 2.24) is 0 Å². The van der Waals surface area contributed by atoms with Crippen LogP contribution in [0.1, 0.15) is 108 Å². The molecule has 2 nitrogen and oxygen atoms in total. The molecule has 0 spiro atoms. The van der Waals surface area contributed by atoms with Crippen molar-refractivity contribution in [2.75, 3.05) is 13.2 Å². The Bertz CT molecular complexity index is 1140. The number of hydrogen-bond donors (Lipinski definition) is 0. The van der Waals surface area contributed by atoms with E-state index in [1.165, 1.54) is 55.7 Å². The SMILES string of the molecule is CCCCCCCCOc1ccc(C2(F)C(c3ccc(OCCCCCCCC)c(C(F)(F)F)c3)=CC=CC2F)cc1. The summed E-state index contributed by atoms with van der Waals surface area (Å²) < 4.78 is 85.4. The standard InChI is InChI=1S/C35H45F5O2/c1-3-5-7-9-11-13-24-41-29-21-19-28(20-22-29)34(37)30(16-15-17-33(34)36)27-18-23-32(31(26-27)35(38,39)40)42-25-14-12-10-8-6-4-2/h15-23,26,33H,3-14,24-25H2,1-2H3. The summed E-state index contributed by atoms with van der Waals surface area (Å²) in [5.74, 6) is 0.231. The average Bonchev–Trinajstić information content (AvgIpc) is 2.97. The Hall–Kier alpha value is -2.83. The lowest BCUT2D eigenvalue weighted by atomic mass is 9.77. The Morgan fingerprint density at radius 2 is 1.31 bits per heavy atom. The molecule has 0 aliphatic heterocycles. The number of allylic oxidation sites excluding steroid dienone is 4. The maximum Gasteiger partial charge on any atom is 0.419 e. The van der Waals surface area contributed by atoms with Crippen molar-refractivity contribution in [2.45, 2.75) is 109 Å². The van der Waals surface area contributed by atoms with Gasteiger partial charge < -0.3 is 9.47 Å². The fraction of sp³-hybridized carbons (Fsp3) is 0.543. The summed E-state index contributed by atoms with van der Waals surface area (Å²) in [5, 5.41) is 0. The molecule has 0 radical (unpaired) electrons. The van der Waals surface area contributed by atoms with Crippen LogP contribution < -0.4 is 9.47 Å². The van der Waals surface area contributed by atoms with Gasteiger partial charge in [-0.05, 0) is 54.3 Å². The van der Waals surface area contributed by atoms with E-state index < -0.39 is 23.6 Å². The summed E-state index contributed by atoms with van der Waals surface area (Å²) in [4.78, 5) is 0. The molecule has 0 amide bonds. The first-order valence-corrected chi connectivity index (χ1v) is 15.5. The van der Waals surface area contributed by atoms with E-state index in [4.69, 9.17) is 9.47 Å². The number of hydrogen-bond acceptors (Lipinski definition) is 2. The van der Waals surface area contributed by atoms with Gasteiger partial charge in [-0.25, -0.2) is 8.78 Å². The minimum atomic E-state index is -4.72. The molecule has 0 heterocycles. The van der Waals surface area contributed by atoms with Crippen LogP contribution in [0.15, 0.2) is 60.7 Å². The monoisotopic (exact) mass is 592 g/mol. The van der Waals surface area contributed by atoms with E-state index in [1.54, 1.807) is 12.1 Å². The number of benzene rings is 2. The highest BCUT2D eigenvalue weighted by Gasteiger charge is 2.46. The third-order valence-corrected chi connectivity index (χ3v) is 7.71. The van der Waals surface area contributed by atoms with Crippen LogP contribution >= 0.6 is 0 Å². The Morgan fingerprint density at radius 1 is 0.738 bits per heavy atom. The summed E-state index contributed by atoms with van der Waals surface area (Å²) in [5.41, 5.74) is -3.89. The van der Waals surface area contributed by atoms with Crippen molar-refractivity contribution in [3.63, 3.8) is 0 Å². The molecule has 3 rings (SSSR count). The summed E-state index contributed by atoms with van der Waals surface area (Å²) >= 11 is 0. The van der Waals surface area contributed by atoms with Crippen LogP contribution in [0, 0.1) is 0 Å². The van der Waals surface area contributed by atoms with Gasteiger partial charge in [0.25, 0.3) is 0 Å². The van der Waals surface area contributed by atoms with Crippen molar-refractivity contribution in [3.8, 4) is 11.5 Å². The predicted octanol–water partition coefficient (Wildman–Crippen LogP) is 11.3. The molecule has 2 aromatic rings. The maximum absolute atomic E-state index is 16.7. The third kappa shape index (κ3) is 9.34. The Labute approximate surface area is 248 Å². The fourth-order valence-corrected chi connectivity index (χ4v) is 5.25. The van der Waals surface area contributed by atoms with Crippen molar-refractivity contribution in [1.29, 1.82) is 0 Å². The van der Waals surface area contributed by atoms with E-state index in [-0.39, 0.29) is 29.1 Å². The lowest BCUT2D eigenvalue weighted by Gasteiger charge is -2.33. The number of unbranched alkanes of at least 4 members (excludes halogenated alkanes) is 10. The van der Waals surface area contributed by atoms with E-state index in [0.717, 1.165) is 63.5 Å². The smallest absolute Gasteiger partial charge is 0.419 e. The van der Waals surface area contributed by atoms with Gasteiger partial charge in [-0.2, -0.15) is 13.2 Å². The quantitative estimate of drug-likeness (QED) is 0.127. The zero-order valence-electron chi connectivity index (χ0n) is 25.0. The molecule has 42 heavy (non-hydrogen) atoms. The van der Waals surface area contributed by atoms with E-state index in [9.17, 15) is 13.2 Å². The van der Waals surface area contributed by atoms with Gasteiger partial charge in [0, 0.05) is 5.57 Å². The molecule has 2 atom stereocenters. The fourth-order valence-electron chi connectivity index (χ4n) is 5.25. The van der Waals surface area contributed by atoms with E-state index >= 15 is 8.78 Å². The molecule has 0 N–H and O–H groups in total. The first-order valence-electron chi connectivity index (χ1n) is 15.5. The van der Waals surface area contributed by atoms with Gasteiger partial charge in [0.05, 0.1) is 18.8 Å². The van der Waals surface area contributed by atoms with Crippen molar-refractivity contribution in [2.24, 2.45) is 0 Å². The summed E-state index contributed by atoms with van der Waals surface area (Å²) in [6.45, 7) is 4.98. The number of alkyl halides is 5. The Morgan fingerprint density at radius 3 is 1.90 bits per heavy atom. The molecule has 2 aromatic carbocycles. The molecule has 1 aliphatic rings. The lowest BCUT2D eigenvalue weighted by molar-refractivity contribution is -0.139. The number of ether oxygens (including phenoxy) is 2. The normalized spacial score (nSPS) is 18.6. The molecular weight excluding hydrogens is 547 g/mol. The van der Waals surface area contributed by atoms with E-state index in [2.05, 4.69) is 13.8 Å². The first kappa shape index (κ1) is 33.7. The van der Waals surface area contributed by atoms with E-state index in [1.807, 2.05) is 0 Å². The van der Waals surface area contributed by atoms with Gasteiger partial charge in [0.15, 0.2) is 11.8 Å². The van der Waals surface area contributed by atoms with Crippen LogP contribution in [-0.4, -0.2) is 19.4 Å². The summed E-state index contributed by atoms with van der Waals surface area (Å²) in [7, 11) is 0. The molecule has 232 valence electrons. The van der Waals surface area contributed by atoms with Crippen LogP contribution in [0.4, 0.5) is 22.0 Å². The van der Waals surface area contributed by atoms with Gasteiger partial charge in [0.1, 0.15) is 11.5 Å². The largest absolute Gasteiger partial charge is 0.494 e. The van der Waals surface area contributed by atoms with Gasteiger partial charge in [-0.15, -0.1) is 0 Å². The molecule has 0 saturated carbocycles. The minimum absolute atomic E-state index is 0.00877. The molecule has 0 saturated heterocycles. The third-order valence-electron chi connectivity index (χ3n) is 7.71. The van der Waals surface area contributed by atoms with Crippen molar-refractivity contribution in [3.05, 3.63) is 77.4 Å². The topological polar surface area (TPSA) is 18.5 Å². The maximum atomic E-state index is 16.7. The van der Waals surface area contributed by atoms with Crippen LogP contribution in [-0.2, 0) is 11.8 Å². The summed E-state index contributed by atoms with van der Waals surface area (Å²) in [6.07, 6.45) is 9.60. The van der Waals surface area contributed by atoms with Crippen LogP contribution in [0.5, 0.6) is 11.5 Å². The van der Waals surface area contributed by atoms with Gasteiger partial charge >= 0.3 is 6.18 Å². The van der Waals surface area contributed by atoms with Crippen molar-refractivity contribution >= 4 is 5.57 Å². The summed E-state index contributed by atoms with van der Waals surface area (Å²) in [6, 6.07) is 9.49. The number of halogens is 5. The van der Waals surface area contributed by atoms with Gasteiger partial charge in [0.2, 0.25) is 0 Å². The molecular formula is C35H45F5O2. The molecule has 0 fully saturated rings. The van der Waals surface area contributed by atoms with Crippen molar-refractivity contribution < 1.29 is 31.4 Å². The van der Waals surface area contributed by atoms with Crippen LogP contribution in [0.2, 0.25) is 0 Å². The zero-order valence-corrected chi connectivity index (χ0v) is 25.0. The number of rotatable bonds is 18. The van der Waals surface area contributed by atoms with Crippen LogP contribution in [0.3, 0.4) is 0 Å². The predicted molar refractivity (Wildman–Crippen MR) is 160 cm³/mol. The van der Waals surface area contributed by atoms with Gasteiger partial charge in [-0.1, -0.05) is 108 Å². The average molecular weight is 593 g/mol. The molecule has 0 aromatic heterocycles. The highest BCUT2D eigenvalue weighted by atomic mass is 19.4. The highest BCUT2D eigenvalue weighted by Crippen LogP contribution is 2.48. The minimum Gasteiger partial charge on any atom is -0.494 e. The Balaban J connectivity index is 1.74. The van der Waals surface area contributed by atoms with Gasteiger partial charge in [-0.3, -0.25) is 0 Å². The van der Waals surface area contributed by atoms with Crippen LogP contribution in [0.25, 0.3) is 5.57 Å². The highest BCUT2D eigenvalue weighted by molar-refractivity contribution is 5.78. The molecule has 1 aliphatic carbocycles. The first-order chi connectivity index (χ1) is 20.2. The van der Waals surface area contributed by atoms with E-state index in [0.29, 0.717) is 18.8 Å². The second-order valence-electron chi connectivity index (χ2n) is 11.0. The molecule has 2 unspecified atom stereocenters. The second-order valence-corrected chi connectivity index (χ2v) is 11.0. The molecule has 7 heteroatoms. The molecule has 0 bridgehead atoms. The lowest BCUT2D eigenvalue weighted by Crippen LogP contribution is -2.34.